The number of hydrogen-bond donors (Lipinski definition) is 3. The van der Waals surface area contributed by atoms with E-state index >= 15 is 0 Å². The van der Waals surface area contributed by atoms with Gasteiger partial charge in [0.15, 0.2) is 5.78 Å². The van der Waals surface area contributed by atoms with Gasteiger partial charge in [-0.05, 0) is 42.2 Å². The van der Waals surface area contributed by atoms with E-state index in [4.69, 9.17) is 5.11 Å². The molecule has 1 fully saturated rings. The molecule has 1 saturated heterocycles. The van der Waals surface area contributed by atoms with Crippen molar-refractivity contribution in [2.45, 2.75) is 38.9 Å². The van der Waals surface area contributed by atoms with Gasteiger partial charge < -0.3 is 15.7 Å². The number of likely N-dealkylation sites (tertiary alicyclic amines) is 1. The SMILES string of the molecule is CC(C)C[C@H](NC(=O)c1ccc(C(=O)O)cc1)C(=O)NC1CN(Cc2ccccc2)CC1=O. The number of aromatic carboxylic acids is 1. The Balaban J connectivity index is 1.62. The average molecular weight is 452 g/mol. The second kappa shape index (κ2) is 10.9. The van der Waals surface area contributed by atoms with E-state index in [0.717, 1.165) is 5.56 Å². The monoisotopic (exact) mass is 451 g/mol. The summed E-state index contributed by atoms with van der Waals surface area (Å²) in [6.45, 7) is 5.18. The van der Waals surface area contributed by atoms with Crippen LogP contribution in [0.5, 0.6) is 0 Å². The van der Waals surface area contributed by atoms with Gasteiger partial charge in [0.25, 0.3) is 5.91 Å². The Morgan fingerprint density at radius 3 is 2.27 bits per heavy atom. The first-order chi connectivity index (χ1) is 15.7. The minimum atomic E-state index is -1.08. The van der Waals surface area contributed by atoms with Crippen molar-refractivity contribution in [3.63, 3.8) is 0 Å². The number of ketones is 1. The molecule has 0 spiro atoms. The van der Waals surface area contributed by atoms with Gasteiger partial charge in [-0.25, -0.2) is 4.79 Å². The fourth-order valence-electron chi connectivity index (χ4n) is 3.82. The van der Waals surface area contributed by atoms with Crippen LogP contribution in [0.2, 0.25) is 0 Å². The van der Waals surface area contributed by atoms with Crippen molar-refractivity contribution in [2.75, 3.05) is 13.1 Å². The van der Waals surface area contributed by atoms with Crippen molar-refractivity contribution >= 4 is 23.6 Å². The van der Waals surface area contributed by atoms with Crippen molar-refractivity contribution in [1.29, 1.82) is 0 Å². The summed E-state index contributed by atoms with van der Waals surface area (Å²) in [4.78, 5) is 51.1. The van der Waals surface area contributed by atoms with E-state index < -0.39 is 29.9 Å². The highest BCUT2D eigenvalue weighted by atomic mass is 16.4. The lowest BCUT2D eigenvalue weighted by Crippen LogP contribution is -2.52. The van der Waals surface area contributed by atoms with Gasteiger partial charge >= 0.3 is 5.97 Å². The van der Waals surface area contributed by atoms with Crippen LogP contribution in [0.3, 0.4) is 0 Å². The van der Waals surface area contributed by atoms with Gasteiger partial charge in [0, 0.05) is 18.7 Å². The molecule has 1 aliphatic rings. The number of Topliss-reactive ketones (excluding diaryl/α,β-unsaturated/α-hetero) is 1. The van der Waals surface area contributed by atoms with Crippen molar-refractivity contribution in [3.8, 4) is 0 Å². The zero-order valence-electron chi connectivity index (χ0n) is 18.8. The van der Waals surface area contributed by atoms with Gasteiger partial charge in [0.05, 0.1) is 12.1 Å². The molecule has 8 heteroatoms. The van der Waals surface area contributed by atoms with Gasteiger partial charge in [-0.1, -0.05) is 44.2 Å². The second-order valence-electron chi connectivity index (χ2n) is 8.72. The summed E-state index contributed by atoms with van der Waals surface area (Å²) in [5.41, 5.74) is 1.42. The highest BCUT2D eigenvalue weighted by Crippen LogP contribution is 2.13. The summed E-state index contributed by atoms with van der Waals surface area (Å²) in [7, 11) is 0. The molecule has 174 valence electrons. The fraction of sp³-hybridized carbons (Fsp3) is 0.360. The first-order valence-corrected chi connectivity index (χ1v) is 11.0. The Labute approximate surface area is 193 Å². The van der Waals surface area contributed by atoms with Crippen LogP contribution in [0.15, 0.2) is 54.6 Å². The second-order valence-corrected chi connectivity index (χ2v) is 8.72. The highest BCUT2D eigenvalue weighted by molar-refractivity contribution is 5.99. The Hall–Kier alpha value is -3.52. The highest BCUT2D eigenvalue weighted by Gasteiger charge is 2.34. The number of hydrogen-bond acceptors (Lipinski definition) is 5. The molecule has 1 aliphatic heterocycles. The number of rotatable bonds is 9. The maximum Gasteiger partial charge on any atom is 0.335 e. The van der Waals surface area contributed by atoms with Crippen LogP contribution in [0.4, 0.5) is 0 Å². The molecule has 0 radical (unpaired) electrons. The number of benzene rings is 2. The molecule has 0 aromatic heterocycles. The van der Waals surface area contributed by atoms with Crippen LogP contribution in [0, 0.1) is 5.92 Å². The first kappa shape index (κ1) is 24.1. The predicted molar refractivity (Wildman–Crippen MR) is 123 cm³/mol. The molecule has 3 N–H and O–H groups in total. The number of carboxylic acid groups (broad SMARTS) is 1. The van der Waals surface area contributed by atoms with Crippen LogP contribution in [-0.4, -0.2) is 58.7 Å². The molecule has 0 bridgehead atoms. The van der Waals surface area contributed by atoms with E-state index in [-0.39, 0.29) is 29.4 Å². The number of nitrogens with zero attached hydrogens (tertiary/aromatic N) is 1. The van der Waals surface area contributed by atoms with Crippen molar-refractivity contribution in [2.24, 2.45) is 5.92 Å². The number of amides is 2. The molecule has 33 heavy (non-hydrogen) atoms. The van der Waals surface area contributed by atoms with E-state index in [0.29, 0.717) is 19.5 Å². The quantitative estimate of drug-likeness (QED) is 0.538. The van der Waals surface area contributed by atoms with Crippen molar-refractivity contribution in [1.82, 2.24) is 15.5 Å². The summed E-state index contributed by atoms with van der Waals surface area (Å²) in [5.74, 6) is -1.89. The van der Waals surface area contributed by atoms with Crippen LogP contribution >= 0.6 is 0 Å². The lowest BCUT2D eigenvalue weighted by atomic mass is 10.0. The summed E-state index contributed by atoms with van der Waals surface area (Å²) >= 11 is 0. The normalized spacial score (nSPS) is 17.1. The van der Waals surface area contributed by atoms with Crippen molar-refractivity contribution < 1.29 is 24.3 Å². The Morgan fingerprint density at radius 1 is 1.03 bits per heavy atom. The van der Waals surface area contributed by atoms with E-state index in [1.807, 2.05) is 49.1 Å². The first-order valence-electron chi connectivity index (χ1n) is 11.0. The Morgan fingerprint density at radius 2 is 1.67 bits per heavy atom. The topological polar surface area (TPSA) is 116 Å². The molecule has 2 atom stereocenters. The number of carboxylic acids is 1. The third-order valence-electron chi connectivity index (χ3n) is 5.50. The Bertz CT molecular complexity index is 1000. The molecule has 2 aromatic rings. The lowest BCUT2D eigenvalue weighted by molar-refractivity contribution is -0.127. The third kappa shape index (κ3) is 6.73. The van der Waals surface area contributed by atoms with Crippen LogP contribution in [0.1, 0.15) is 46.5 Å². The zero-order chi connectivity index (χ0) is 24.0. The predicted octanol–water partition coefficient (Wildman–Crippen LogP) is 2.10. The molecule has 2 aromatic carbocycles. The van der Waals surface area contributed by atoms with Gasteiger partial charge in [-0.2, -0.15) is 0 Å². The van der Waals surface area contributed by atoms with Gasteiger partial charge in [0.2, 0.25) is 5.91 Å². The van der Waals surface area contributed by atoms with E-state index in [2.05, 4.69) is 10.6 Å². The fourth-order valence-corrected chi connectivity index (χ4v) is 3.82. The van der Waals surface area contributed by atoms with E-state index in [9.17, 15) is 19.2 Å². The minimum absolute atomic E-state index is 0.0573. The summed E-state index contributed by atoms with van der Waals surface area (Å²) in [6, 6.07) is 13.9. The molecule has 1 unspecified atom stereocenters. The molecule has 0 aliphatic carbocycles. The van der Waals surface area contributed by atoms with Crippen LogP contribution < -0.4 is 10.6 Å². The zero-order valence-corrected chi connectivity index (χ0v) is 18.8. The van der Waals surface area contributed by atoms with Gasteiger partial charge in [-0.15, -0.1) is 0 Å². The van der Waals surface area contributed by atoms with Crippen LogP contribution in [0.25, 0.3) is 0 Å². The lowest BCUT2D eigenvalue weighted by Gasteiger charge is -2.22. The van der Waals surface area contributed by atoms with E-state index in [1.54, 1.807) is 0 Å². The molecule has 3 rings (SSSR count). The maximum atomic E-state index is 13.0. The molecule has 2 amide bonds. The molecule has 0 saturated carbocycles. The molecular formula is C25H29N3O5. The van der Waals surface area contributed by atoms with Gasteiger partial charge in [-0.3, -0.25) is 19.3 Å². The van der Waals surface area contributed by atoms with E-state index in [1.165, 1.54) is 24.3 Å². The Kier molecular flexibility index (Phi) is 7.95. The standard InChI is InChI=1S/C25H29N3O5/c1-16(2)12-20(26-23(30)18-8-10-19(11-9-18)25(32)33)24(31)27-21-14-28(15-22(21)29)13-17-6-4-3-5-7-17/h3-11,16,20-21H,12-15H2,1-2H3,(H,26,30)(H,27,31)(H,32,33)/t20-,21?/m0/s1. The molecule has 8 nitrogen and oxygen atoms in total. The molecule has 1 heterocycles. The number of carbonyl (C=O) groups excluding carboxylic acids is 3. The smallest absolute Gasteiger partial charge is 0.335 e. The number of carbonyl (C=O) groups is 4. The summed E-state index contributed by atoms with van der Waals surface area (Å²) in [6.07, 6.45) is 0.402. The summed E-state index contributed by atoms with van der Waals surface area (Å²) < 4.78 is 0. The minimum Gasteiger partial charge on any atom is -0.478 e. The maximum absolute atomic E-state index is 13.0. The molecular weight excluding hydrogens is 422 g/mol. The van der Waals surface area contributed by atoms with Crippen LogP contribution in [-0.2, 0) is 16.1 Å². The van der Waals surface area contributed by atoms with Gasteiger partial charge in [0.1, 0.15) is 12.1 Å². The number of nitrogens with one attached hydrogen (secondary N) is 2. The average Bonchev–Trinajstić information content (AvgIpc) is 3.12. The largest absolute Gasteiger partial charge is 0.478 e. The summed E-state index contributed by atoms with van der Waals surface area (Å²) in [5, 5.41) is 14.5. The van der Waals surface area contributed by atoms with Crippen molar-refractivity contribution in [3.05, 3.63) is 71.3 Å². The third-order valence-corrected chi connectivity index (χ3v) is 5.50.